The normalized spacial score (nSPS) is 29.2. The van der Waals surface area contributed by atoms with Crippen LogP contribution in [0, 0.1) is 12.8 Å². The molecular formula is C24H27NO3. The molecule has 3 atom stereocenters. The highest BCUT2D eigenvalue weighted by atomic mass is 16.3. The average molecular weight is 377 g/mol. The van der Waals surface area contributed by atoms with Crippen molar-refractivity contribution in [3.63, 3.8) is 0 Å². The third kappa shape index (κ3) is 2.37. The van der Waals surface area contributed by atoms with Gasteiger partial charge in [-0.1, -0.05) is 6.08 Å². The number of nitrogens with zero attached hydrogens (tertiary/aromatic N) is 1. The standard InChI is InChI=1S/C24H27NO3/c1-3-8-25-9-7-24-13-17(26)4-5-20(24)21(25)12-19-18(16-6-10-28-14-16)11-15(2)23(27)22(19)24/h3,6,10-11,14,20-21,27H,1,4-5,7-9,12-13H2,2H3/t20?,21?,24-/m1/s1. The smallest absolute Gasteiger partial charge is 0.133 e. The highest BCUT2D eigenvalue weighted by molar-refractivity contribution is 5.83. The molecule has 1 aromatic carbocycles. The van der Waals surface area contributed by atoms with E-state index in [-0.39, 0.29) is 5.41 Å². The Balaban J connectivity index is 1.77. The van der Waals surface area contributed by atoms with Crippen molar-refractivity contribution in [2.45, 2.75) is 50.5 Å². The van der Waals surface area contributed by atoms with Crippen LogP contribution >= 0.6 is 0 Å². The first kappa shape index (κ1) is 17.7. The fourth-order valence-electron chi connectivity index (χ4n) is 6.30. The quantitative estimate of drug-likeness (QED) is 0.807. The van der Waals surface area contributed by atoms with Crippen molar-refractivity contribution in [1.29, 1.82) is 0 Å². The molecule has 0 radical (unpaired) electrons. The van der Waals surface area contributed by atoms with Gasteiger partial charge in [0.2, 0.25) is 0 Å². The van der Waals surface area contributed by atoms with E-state index in [1.54, 1.807) is 12.5 Å². The van der Waals surface area contributed by atoms with Crippen molar-refractivity contribution in [2.24, 2.45) is 5.92 Å². The molecule has 2 aliphatic carbocycles. The van der Waals surface area contributed by atoms with Crippen molar-refractivity contribution in [2.75, 3.05) is 13.1 Å². The van der Waals surface area contributed by atoms with Crippen LogP contribution in [0.25, 0.3) is 11.1 Å². The second-order valence-electron chi connectivity index (χ2n) is 8.78. The van der Waals surface area contributed by atoms with Crippen LogP contribution in [0.3, 0.4) is 0 Å². The lowest BCUT2D eigenvalue weighted by atomic mass is 9.51. The summed E-state index contributed by atoms with van der Waals surface area (Å²) < 4.78 is 5.37. The number of phenolic OH excluding ortho intramolecular Hbond substituents is 1. The molecule has 2 fully saturated rings. The maximum atomic E-state index is 12.6. The van der Waals surface area contributed by atoms with E-state index in [1.807, 2.05) is 19.1 Å². The third-order valence-electron chi connectivity index (χ3n) is 7.44. The van der Waals surface area contributed by atoms with Gasteiger partial charge in [-0.3, -0.25) is 9.69 Å². The molecule has 1 aromatic heterocycles. The SMILES string of the molecule is C=CCN1CC[C@@]23CC(=O)CCC2C1Cc1c(-c2ccoc2)cc(C)c(O)c13. The highest BCUT2D eigenvalue weighted by Gasteiger charge is 2.57. The molecule has 146 valence electrons. The van der Waals surface area contributed by atoms with Gasteiger partial charge >= 0.3 is 0 Å². The van der Waals surface area contributed by atoms with Crippen LogP contribution in [0.1, 0.15) is 42.4 Å². The summed E-state index contributed by atoms with van der Waals surface area (Å²) in [5.41, 5.74) is 5.09. The van der Waals surface area contributed by atoms with Gasteiger partial charge in [0.25, 0.3) is 0 Å². The molecular weight excluding hydrogens is 350 g/mol. The summed E-state index contributed by atoms with van der Waals surface area (Å²) in [7, 11) is 0. The molecule has 0 amide bonds. The van der Waals surface area contributed by atoms with E-state index in [9.17, 15) is 9.90 Å². The molecule has 4 nitrogen and oxygen atoms in total. The number of likely N-dealkylation sites (tertiary alicyclic amines) is 1. The Hall–Kier alpha value is -2.33. The number of furan rings is 1. The Labute approximate surface area is 165 Å². The van der Waals surface area contributed by atoms with Crippen LogP contribution in [-0.4, -0.2) is 34.9 Å². The first-order chi connectivity index (χ1) is 13.5. The zero-order valence-corrected chi connectivity index (χ0v) is 16.4. The number of fused-ring (bicyclic) bond motifs is 1. The van der Waals surface area contributed by atoms with Crippen molar-refractivity contribution in [1.82, 2.24) is 4.90 Å². The van der Waals surface area contributed by atoms with E-state index in [1.165, 1.54) is 5.56 Å². The van der Waals surface area contributed by atoms with Crippen LogP contribution in [-0.2, 0) is 16.6 Å². The fraction of sp³-hybridized carbons (Fsp3) is 0.458. The molecule has 3 aliphatic rings. The first-order valence-electron chi connectivity index (χ1n) is 10.3. The molecule has 4 heteroatoms. The number of aromatic hydroxyl groups is 1. The molecule has 2 heterocycles. The van der Waals surface area contributed by atoms with E-state index in [4.69, 9.17) is 4.42 Å². The van der Waals surface area contributed by atoms with Gasteiger partial charge in [0, 0.05) is 42.0 Å². The maximum Gasteiger partial charge on any atom is 0.133 e. The fourth-order valence-corrected chi connectivity index (χ4v) is 6.30. The van der Waals surface area contributed by atoms with E-state index >= 15 is 0 Å². The summed E-state index contributed by atoms with van der Waals surface area (Å²) in [6, 6.07) is 4.45. The molecule has 2 unspecified atom stereocenters. The van der Waals surface area contributed by atoms with Crippen LogP contribution in [0.15, 0.2) is 41.7 Å². The van der Waals surface area contributed by atoms with Gasteiger partial charge in [-0.05, 0) is 67.5 Å². The molecule has 28 heavy (non-hydrogen) atoms. The van der Waals surface area contributed by atoms with Crippen molar-refractivity contribution in [3.05, 3.63) is 54.0 Å². The van der Waals surface area contributed by atoms with Gasteiger partial charge in [-0.2, -0.15) is 0 Å². The predicted octanol–water partition coefficient (Wildman–Crippen LogP) is 4.38. The van der Waals surface area contributed by atoms with Gasteiger partial charge in [0.05, 0.1) is 12.5 Å². The second kappa shape index (κ2) is 6.35. The number of aryl methyl sites for hydroxylation is 1. The number of ketones is 1. The second-order valence-corrected chi connectivity index (χ2v) is 8.78. The first-order valence-corrected chi connectivity index (χ1v) is 10.3. The van der Waals surface area contributed by atoms with Crippen LogP contribution < -0.4 is 0 Å². The summed E-state index contributed by atoms with van der Waals surface area (Å²) in [5.74, 6) is 1.15. The predicted molar refractivity (Wildman–Crippen MR) is 108 cm³/mol. The number of Topliss-reactive ketones (excluding diaryl/α,β-unsaturated/α-hetero) is 1. The Morgan fingerprint density at radius 2 is 2.32 bits per heavy atom. The third-order valence-corrected chi connectivity index (χ3v) is 7.44. The van der Waals surface area contributed by atoms with Gasteiger partial charge in [-0.15, -0.1) is 6.58 Å². The number of carbonyl (C=O) groups is 1. The van der Waals surface area contributed by atoms with Gasteiger partial charge < -0.3 is 9.52 Å². The zero-order chi connectivity index (χ0) is 19.5. The summed E-state index contributed by atoms with van der Waals surface area (Å²) in [5, 5.41) is 11.2. The Bertz CT molecular complexity index is 945. The topological polar surface area (TPSA) is 53.7 Å². The minimum absolute atomic E-state index is 0.236. The Morgan fingerprint density at radius 1 is 1.46 bits per heavy atom. The van der Waals surface area contributed by atoms with Crippen LogP contribution in [0.5, 0.6) is 5.75 Å². The van der Waals surface area contributed by atoms with Crippen molar-refractivity contribution in [3.8, 4) is 16.9 Å². The largest absolute Gasteiger partial charge is 0.507 e. The minimum Gasteiger partial charge on any atom is -0.507 e. The van der Waals surface area contributed by atoms with Crippen molar-refractivity contribution < 1.29 is 14.3 Å². The molecule has 1 aliphatic heterocycles. The summed E-state index contributed by atoms with van der Waals surface area (Å²) in [6.07, 6.45) is 9.43. The highest BCUT2D eigenvalue weighted by Crippen LogP contribution is 2.59. The number of carbonyl (C=O) groups excluding carboxylic acids is 1. The molecule has 2 aromatic rings. The van der Waals surface area contributed by atoms with Gasteiger partial charge in [0.15, 0.2) is 0 Å². The van der Waals surface area contributed by atoms with Crippen LogP contribution in [0.2, 0.25) is 0 Å². The molecule has 0 spiro atoms. The monoisotopic (exact) mass is 377 g/mol. The van der Waals surface area contributed by atoms with Gasteiger partial charge in [-0.25, -0.2) is 0 Å². The van der Waals surface area contributed by atoms with Crippen molar-refractivity contribution >= 4 is 5.78 Å². The van der Waals surface area contributed by atoms with E-state index < -0.39 is 0 Å². The summed E-state index contributed by atoms with van der Waals surface area (Å²) in [4.78, 5) is 15.1. The Morgan fingerprint density at radius 3 is 3.07 bits per heavy atom. The number of piperidine rings is 1. The molecule has 1 saturated heterocycles. The molecule has 5 rings (SSSR count). The zero-order valence-electron chi connectivity index (χ0n) is 16.4. The summed E-state index contributed by atoms with van der Waals surface area (Å²) >= 11 is 0. The Kier molecular flexibility index (Phi) is 4.02. The molecule has 1 N–H and O–H groups in total. The summed E-state index contributed by atoms with van der Waals surface area (Å²) in [6.45, 7) is 7.75. The lowest BCUT2D eigenvalue weighted by molar-refractivity contribution is -0.127. The van der Waals surface area contributed by atoms with E-state index in [2.05, 4.69) is 17.5 Å². The van der Waals surface area contributed by atoms with Crippen LogP contribution in [0.4, 0.5) is 0 Å². The lowest BCUT2D eigenvalue weighted by Crippen LogP contribution is -2.62. The molecule has 2 bridgehead atoms. The number of phenols is 1. The lowest BCUT2D eigenvalue weighted by Gasteiger charge is -2.59. The number of benzene rings is 1. The van der Waals surface area contributed by atoms with Gasteiger partial charge in [0.1, 0.15) is 11.5 Å². The number of hydrogen-bond donors (Lipinski definition) is 1. The number of hydrogen-bond acceptors (Lipinski definition) is 4. The maximum absolute atomic E-state index is 12.6. The van der Waals surface area contributed by atoms with E-state index in [0.717, 1.165) is 54.6 Å². The molecule has 1 saturated carbocycles. The number of rotatable bonds is 3. The van der Waals surface area contributed by atoms with E-state index in [0.29, 0.717) is 36.3 Å². The minimum atomic E-state index is -0.236. The average Bonchev–Trinajstić information content (AvgIpc) is 3.20.